The normalized spacial score (nSPS) is 11.9. The van der Waals surface area contributed by atoms with Crippen LogP contribution < -0.4 is 14.8 Å². The number of carbonyl (C=O) groups is 1. The second kappa shape index (κ2) is 6.92. The number of carbonyl (C=O) groups excluding carboxylic acids is 1. The van der Waals surface area contributed by atoms with Gasteiger partial charge in [-0.2, -0.15) is 5.10 Å². The first-order valence-corrected chi connectivity index (χ1v) is 8.41. The predicted molar refractivity (Wildman–Crippen MR) is 96.8 cm³/mol. The van der Waals surface area contributed by atoms with Crippen LogP contribution in [-0.4, -0.2) is 22.8 Å². The minimum atomic E-state index is -0.0947. The number of rotatable bonds is 5. The smallest absolute Gasteiger partial charge is 0.242 e. The Morgan fingerprint density at radius 1 is 1.27 bits per heavy atom. The van der Waals surface area contributed by atoms with Crippen LogP contribution in [0.2, 0.25) is 0 Å². The van der Waals surface area contributed by atoms with E-state index in [9.17, 15) is 4.79 Å². The van der Waals surface area contributed by atoms with Gasteiger partial charge < -0.3 is 14.8 Å². The summed E-state index contributed by atoms with van der Waals surface area (Å²) in [6.45, 7) is 1.07. The fraction of sp³-hybridized carbons (Fsp3) is 0.200. The highest BCUT2D eigenvalue weighted by Gasteiger charge is 2.22. The van der Waals surface area contributed by atoms with Crippen LogP contribution in [-0.2, 0) is 24.5 Å². The molecule has 6 nitrogen and oxygen atoms in total. The molecule has 1 aromatic heterocycles. The standard InChI is InChI=1S/C20H19N3O3/c1-25-16-6-4-5-14(9-16)10-21-19(24)12-23-20-15(11-22-23)13-26-18-8-3-2-7-17(18)20/h2-9,11H,10,12-13H2,1H3,(H,21,24). The van der Waals surface area contributed by atoms with Crippen LogP contribution in [0, 0.1) is 0 Å². The van der Waals surface area contributed by atoms with Crippen molar-refractivity contribution in [3.8, 4) is 22.8 Å². The number of methoxy groups -OCH3 is 1. The van der Waals surface area contributed by atoms with Gasteiger partial charge in [0.25, 0.3) is 0 Å². The van der Waals surface area contributed by atoms with Crippen LogP contribution in [0.4, 0.5) is 0 Å². The van der Waals surface area contributed by atoms with Crippen LogP contribution in [0.3, 0.4) is 0 Å². The van der Waals surface area contributed by atoms with Gasteiger partial charge in [-0.3, -0.25) is 9.48 Å². The van der Waals surface area contributed by atoms with Gasteiger partial charge in [0.1, 0.15) is 24.7 Å². The minimum Gasteiger partial charge on any atom is -0.497 e. The number of hydrogen-bond acceptors (Lipinski definition) is 4. The second-order valence-electron chi connectivity index (χ2n) is 6.09. The van der Waals surface area contributed by atoms with Crippen molar-refractivity contribution in [2.45, 2.75) is 19.7 Å². The molecule has 0 spiro atoms. The third-order valence-corrected chi connectivity index (χ3v) is 4.36. The van der Waals surface area contributed by atoms with Crippen molar-refractivity contribution in [3.05, 3.63) is 65.9 Å². The molecule has 0 fully saturated rings. The van der Waals surface area contributed by atoms with E-state index in [1.807, 2.05) is 48.5 Å². The Kier molecular flexibility index (Phi) is 4.31. The van der Waals surface area contributed by atoms with Crippen molar-refractivity contribution < 1.29 is 14.3 Å². The zero-order valence-electron chi connectivity index (χ0n) is 14.4. The molecule has 0 radical (unpaired) electrons. The van der Waals surface area contributed by atoms with Gasteiger partial charge in [-0.25, -0.2) is 0 Å². The van der Waals surface area contributed by atoms with E-state index < -0.39 is 0 Å². The van der Waals surface area contributed by atoms with Crippen molar-refractivity contribution >= 4 is 5.91 Å². The Morgan fingerprint density at radius 2 is 2.15 bits per heavy atom. The first-order chi connectivity index (χ1) is 12.7. The van der Waals surface area contributed by atoms with Crippen LogP contribution in [0.15, 0.2) is 54.7 Å². The first-order valence-electron chi connectivity index (χ1n) is 8.41. The van der Waals surface area contributed by atoms with E-state index >= 15 is 0 Å². The summed E-state index contributed by atoms with van der Waals surface area (Å²) in [5.74, 6) is 1.50. The molecule has 6 heteroatoms. The summed E-state index contributed by atoms with van der Waals surface area (Å²) < 4.78 is 12.7. The molecule has 1 N–H and O–H groups in total. The van der Waals surface area contributed by atoms with Gasteiger partial charge in [0.2, 0.25) is 5.91 Å². The fourth-order valence-electron chi connectivity index (χ4n) is 3.08. The van der Waals surface area contributed by atoms with E-state index in [0.29, 0.717) is 13.2 Å². The molecular weight excluding hydrogens is 330 g/mol. The molecule has 1 aliphatic rings. The fourth-order valence-corrected chi connectivity index (χ4v) is 3.08. The number of nitrogens with one attached hydrogen (secondary N) is 1. The monoisotopic (exact) mass is 349 g/mol. The van der Waals surface area contributed by atoms with E-state index in [-0.39, 0.29) is 12.5 Å². The molecule has 1 amide bonds. The first kappa shape index (κ1) is 16.2. The number of ether oxygens (including phenoxy) is 2. The Hall–Kier alpha value is -3.28. The number of benzene rings is 2. The molecule has 0 atom stereocenters. The number of hydrogen-bond donors (Lipinski definition) is 1. The maximum atomic E-state index is 12.4. The van der Waals surface area contributed by atoms with Gasteiger partial charge in [-0.05, 0) is 29.8 Å². The lowest BCUT2D eigenvalue weighted by Gasteiger charge is -2.19. The molecule has 2 heterocycles. The Labute approximate surface area is 151 Å². The highest BCUT2D eigenvalue weighted by Crippen LogP contribution is 2.36. The summed E-state index contributed by atoms with van der Waals surface area (Å²) in [5, 5.41) is 7.31. The molecule has 0 aliphatic carbocycles. The van der Waals surface area contributed by atoms with Gasteiger partial charge in [0.15, 0.2) is 0 Å². The summed E-state index contributed by atoms with van der Waals surface area (Å²) in [5.41, 5.74) is 3.89. The van der Waals surface area contributed by atoms with Gasteiger partial charge in [0.05, 0.1) is 19.0 Å². The molecule has 3 aromatic rings. The Balaban J connectivity index is 1.47. The lowest BCUT2D eigenvalue weighted by atomic mass is 10.0. The van der Waals surface area contributed by atoms with E-state index in [0.717, 1.165) is 33.9 Å². The maximum Gasteiger partial charge on any atom is 0.242 e. The largest absolute Gasteiger partial charge is 0.497 e. The summed E-state index contributed by atoms with van der Waals surface area (Å²) in [4.78, 5) is 12.4. The molecule has 132 valence electrons. The molecule has 0 bridgehead atoms. The lowest BCUT2D eigenvalue weighted by molar-refractivity contribution is -0.122. The number of nitrogens with zero attached hydrogens (tertiary/aromatic N) is 2. The molecule has 26 heavy (non-hydrogen) atoms. The quantitative estimate of drug-likeness (QED) is 0.769. The average molecular weight is 349 g/mol. The lowest BCUT2D eigenvalue weighted by Crippen LogP contribution is -2.28. The summed E-state index contributed by atoms with van der Waals surface area (Å²) in [6, 6.07) is 15.4. The van der Waals surface area contributed by atoms with E-state index in [1.165, 1.54) is 0 Å². The summed E-state index contributed by atoms with van der Waals surface area (Å²) in [6.07, 6.45) is 1.76. The highest BCUT2D eigenvalue weighted by atomic mass is 16.5. The van der Waals surface area contributed by atoms with Crippen molar-refractivity contribution in [1.29, 1.82) is 0 Å². The maximum absolute atomic E-state index is 12.4. The molecule has 4 rings (SSSR count). The van der Waals surface area contributed by atoms with Crippen molar-refractivity contribution in [2.24, 2.45) is 0 Å². The molecule has 0 saturated heterocycles. The third-order valence-electron chi connectivity index (χ3n) is 4.36. The Morgan fingerprint density at radius 3 is 3.04 bits per heavy atom. The van der Waals surface area contributed by atoms with Gasteiger partial charge in [-0.1, -0.05) is 24.3 Å². The van der Waals surface area contributed by atoms with Crippen LogP contribution >= 0.6 is 0 Å². The molecular formula is C20H19N3O3. The predicted octanol–water partition coefficient (Wildman–Crippen LogP) is 2.77. The average Bonchev–Trinajstić information content (AvgIpc) is 3.10. The number of fused-ring (bicyclic) bond motifs is 3. The van der Waals surface area contributed by atoms with E-state index in [1.54, 1.807) is 18.0 Å². The topological polar surface area (TPSA) is 65.4 Å². The number of aromatic nitrogens is 2. The van der Waals surface area contributed by atoms with Gasteiger partial charge in [-0.15, -0.1) is 0 Å². The van der Waals surface area contributed by atoms with Crippen molar-refractivity contribution in [3.63, 3.8) is 0 Å². The molecule has 0 saturated carbocycles. The SMILES string of the molecule is COc1cccc(CNC(=O)Cn2ncc3c2-c2ccccc2OC3)c1. The molecule has 2 aromatic carbocycles. The zero-order valence-corrected chi connectivity index (χ0v) is 14.4. The molecule has 0 unspecified atom stereocenters. The Bertz CT molecular complexity index is 949. The van der Waals surface area contributed by atoms with Crippen molar-refractivity contribution in [2.75, 3.05) is 7.11 Å². The summed E-state index contributed by atoms with van der Waals surface area (Å²) in [7, 11) is 1.63. The van der Waals surface area contributed by atoms with E-state index in [2.05, 4.69) is 10.4 Å². The van der Waals surface area contributed by atoms with E-state index in [4.69, 9.17) is 9.47 Å². The van der Waals surface area contributed by atoms with Gasteiger partial charge >= 0.3 is 0 Å². The van der Waals surface area contributed by atoms with Crippen LogP contribution in [0.5, 0.6) is 11.5 Å². The van der Waals surface area contributed by atoms with Crippen LogP contribution in [0.25, 0.3) is 11.3 Å². The van der Waals surface area contributed by atoms with Gasteiger partial charge in [0, 0.05) is 17.7 Å². The minimum absolute atomic E-state index is 0.0947. The zero-order chi connectivity index (χ0) is 17.9. The molecule has 1 aliphatic heterocycles. The second-order valence-corrected chi connectivity index (χ2v) is 6.09. The number of para-hydroxylation sites is 1. The third kappa shape index (κ3) is 3.13. The van der Waals surface area contributed by atoms with Crippen LogP contribution in [0.1, 0.15) is 11.1 Å². The number of amides is 1. The highest BCUT2D eigenvalue weighted by molar-refractivity contribution is 5.78. The van der Waals surface area contributed by atoms with Crippen molar-refractivity contribution in [1.82, 2.24) is 15.1 Å². The summed E-state index contributed by atoms with van der Waals surface area (Å²) >= 11 is 0.